The third-order valence-corrected chi connectivity index (χ3v) is 1.91. The summed E-state index contributed by atoms with van der Waals surface area (Å²) in [4.78, 5) is 2.34. The van der Waals surface area contributed by atoms with Crippen LogP contribution in [0, 0.1) is 0 Å². The van der Waals surface area contributed by atoms with Gasteiger partial charge in [-0.2, -0.15) is 0 Å². The largest absolute Gasteiger partial charge is 0.380 e. The van der Waals surface area contributed by atoms with Crippen LogP contribution in [0.5, 0.6) is 0 Å². The molecule has 0 N–H and O–H groups in total. The highest BCUT2D eigenvalue weighted by atomic mass is 16.5. The first-order valence-corrected chi connectivity index (χ1v) is 3.58. The molecule has 1 aliphatic heterocycles. The second-order valence-corrected chi connectivity index (χ2v) is 2.76. The fourth-order valence-electron chi connectivity index (χ4n) is 1.02. The molecule has 0 aromatic carbocycles. The number of rotatable bonds is 0. The van der Waals surface area contributed by atoms with Crippen LogP contribution >= 0.6 is 0 Å². The Labute approximate surface area is 56.8 Å². The Bertz CT molecular complexity index is 75.0. The minimum Gasteiger partial charge on any atom is -0.380 e. The van der Waals surface area contributed by atoms with Gasteiger partial charge in [-0.3, -0.25) is 0 Å². The van der Waals surface area contributed by atoms with Crippen molar-refractivity contribution in [3.63, 3.8) is 0 Å². The lowest BCUT2D eigenvalue weighted by Crippen LogP contribution is -2.30. The molecule has 2 heteroatoms. The molecule has 1 aliphatic rings. The summed E-state index contributed by atoms with van der Waals surface area (Å²) in [5.41, 5.74) is 0. The lowest BCUT2D eigenvalue weighted by Gasteiger charge is -2.19. The molecule has 2 nitrogen and oxygen atoms in total. The van der Waals surface area contributed by atoms with E-state index in [1.165, 1.54) is 13.0 Å². The molecule has 0 saturated carbocycles. The number of likely N-dealkylation sites (N-methyl/N-ethyl adjacent to an activating group) is 1. The smallest absolute Gasteiger partial charge is 0.0619 e. The Morgan fingerprint density at radius 2 is 2.33 bits per heavy atom. The second-order valence-electron chi connectivity index (χ2n) is 2.76. The van der Waals surface area contributed by atoms with Gasteiger partial charge in [-0.05, 0) is 20.4 Å². The van der Waals surface area contributed by atoms with E-state index in [-0.39, 0.29) is 0 Å². The molecule has 1 fully saturated rings. The number of hydrogen-bond acceptors (Lipinski definition) is 2. The van der Waals surface area contributed by atoms with E-state index in [9.17, 15) is 0 Å². The van der Waals surface area contributed by atoms with Crippen molar-refractivity contribution in [3.05, 3.63) is 0 Å². The molecule has 9 heavy (non-hydrogen) atoms. The van der Waals surface area contributed by atoms with E-state index in [0.717, 1.165) is 13.2 Å². The molecule has 0 aromatic heterocycles. The van der Waals surface area contributed by atoms with Crippen LogP contribution in [-0.2, 0) is 4.74 Å². The summed E-state index contributed by atoms with van der Waals surface area (Å²) < 4.78 is 5.34. The van der Waals surface area contributed by atoms with E-state index < -0.39 is 0 Å². The first-order chi connectivity index (χ1) is 4.30. The number of hydrogen-bond donors (Lipinski definition) is 0. The molecule has 54 valence electrons. The van der Waals surface area contributed by atoms with Crippen LogP contribution in [0.4, 0.5) is 0 Å². The third kappa shape index (κ3) is 1.95. The summed E-state index contributed by atoms with van der Waals surface area (Å²) >= 11 is 0. The Kier molecular flexibility index (Phi) is 2.49. The lowest BCUT2D eigenvalue weighted by molar-refractivity contribution is 0.116. The summed E-state index contributed by atoms with van der Waals surface area (Å²) in [5.74, 6) is 0. The van der Waals surface area contributed by atoms with Gasteiger partial charge < -0.3 is 9.64 Å². The van der Waals surface area contributed by atoms with Crippen LogP contribution in [0.25, 0.3) is 0 Å². The highest BCUT2D eigenvalue weighted by molar-refractivity contribution is 4.64. The van der Waals surface area contributed by atoms with Gasteiger partial charge in [-0.15, -0.1) is 0 Å². The maximum absolute atomic E-state index is 5.34. The van der Waals surface area contributed by atoms with E-state index >= 15 is 0 Å². The van der Waals surface area contributed by atoms with Crippen LogP contribution in [0.15, 0.2) is 0 Å². The minimum atomic E-state index is 0.604. The third-order valence-electron chi connectivity index (χ3n) is 1.91. The van der Waals surface area contributed by atoms with Gasteiger partial charge in [0, 0.05) is 19.2 Å². The maximum atomic E-state index is 5.34. The maximum Gasteiger partial charge on any atom is 0.0619 e. The predicted molar refractivity (Wildman–Crippen MR) is 37.5 cm³/mol. The van der Waals surface area contributed by atoms with Crippen LogP contribution in [0.3, 0.4) is 0 Å². The van der Waals surface area contributed by atoms with Crippen molar-refractivity contribution in [3.8, 4) is 0 Å². The molecule has 0 amide bonds. The molecule has 0 radical (unpaired) electrons. The van der Waals surface area contributed by atoms with Crippen LogP contribution in [0.2, 0.25) is 0 Å². The van der Waals surface area contributed by atoms with E-state index in [0.29, 0.717) is 6.04 Å². The summed E-state index contributed by atoms with van der Waals surface area (Å²) in [7, 11) is 2.15. The topological polar surface area (TPSA) is 12.5 Å². The Morgan fingerprint density at radius 3 is 3.11 bits per heavy atom. The molecule has 0 bridgehead atoms. The summed E-state index contributed by atoms with van der Waals surface area (Å²) in [6.07, 6.45) is 1.18. The Hall–Kier alpha value is -0.0800. The molecule has 1 rings (SSSR count). The van der Waals surface area contributed by atoms with Gasteiger partial charge in [0.05, 0.1) is 6.61 Å². The van der Waals surface area contributed by atoms with E-state index in [2.05, 4.69) is 18.9 Å². The average molecular weight is 129 g/mol. The highest BCUT2D eigenvalue weighted by Gasteiger charge is 2.11. The molecular weight excluding hydrogens is 114 g/mol. The van der Waals surface area contributed by atoms with Crippen LogP contribution in [-0.4, -0.2) is 37.7 Å². The predicted octanol–water partition coefficient (Wildman–Crippen LogP) is 0.727. The van der Waals surface area contributed by atoms with E-state index in [4.69, 9.17) is 4.74 Å². The summed E-state index contributed by atoms with van der Waals surface area (Å²) in [6, 6.07) is 0.604. The fraction of sp³-hybridized carbons (Fsp3) is 1.00. The Balaban J connectivity index is 2.32. The molecular formula is C7H15NO. The molecule has 0 aliphatic carbocycles. The molecule has 0 unspecified atom stereocenters. The van der Waals surface area contributed by atoms with Crippen LogP contribution in [0.1, 0.15) is 13.3 Å². The van der Waals surface area contributed by atoms with E-state index in [1.54, 1.807) is 0 Å². The van der Waals surface area contributed by atoms with Crippen molar-refractivity contribution < 1.29 is 4.74 Å². The van der Waals surface area contributed by atoms with Crippen molar-refractivity contribution >= 4 is 0 Å². The standard InChI is InChI=1S/C7H15NO/c1-7-6-9-5-3-4-8(7)2/h7H,3-6H2,1-2H3/t7-/m1/s1. The van der Waals surface area contributed by atoms with E-state index in [1.807, 2.05) is 0 Å². The van der Waals surface area contributed by atoms with Crippen molar-refractivity contribution in [2.24, 2.45) is 0 Å². The molecule has 1 saturated heterocycles. The van der Waals surface area contributed by atoms with Crippen LogP contribution < -0.4 is 0 Å². The molecule has 1 heterocycles. The fourth-order valence-corrected chi connectivity index (χ4v) is 1.02. The second kappa shape index (κ2) is 3.18. The van der Waals surface area contributed by atoms with Gasteiger partial charge in [-0.25, -0.2) is 0 Å². The quantitative estimate of drug-likeness (QED) is 0.478. The van der Waals surface area contributed by atoms with Gasteiger partial charge in [0.25, 0.3) is 0 Å². The van der Waals surface area contributed by atoms with Crippen molar-refractivity contribution in [1.29, 1.82) is 0 Å². The number of ether oxygens (including phenoxy) is 1. The first-order valence-electron chi connectivity index (χ1n) is 3.58. The van der Waals surface area contributed by atoms with Crippen molar-refractivity contribution in [2.75, 3.05) is 26.8 Å². The number of nitrogens with zero attached hydrogens (tertiary/aromatic N) is 1. The van der Waals surface area contributed by atoms with Gasteiger partial charge in [0.1, 0.15) is 0 Å². The zero-order valence-electron chi connectivity index (χ0n) is 6.26. The normalized spacial score (nSPS) is 32.0. The Morgan fingerprint density at radius 1 is 1.56 bits per heavy atom. The zero-order valence-corrected chi connectivity index (χ0v) is 6.26. The summed E-state index contributed by atoms with van der Waals surface area (Å²) in [5, 5.41) is 0. The van der Waals surface area contributed by atoms with Crippen molar-refractivity contribution in [2.45, 2.75) is 19.4 Å². The van der Waals surface area contributed by atoms with Crippen molar-refractivity contribution in [1.82, 2.24) is 4.90 Å². The average Bonchev–Trinajstić information content (AvgIpc) is 1.99. The minimum absolute atomic E-state index is 0.604. The van der Waals surface area contributed by atoms with Gasteiger partial charge in [0.15, 0.2) is 0 Å². The highest BCUT2D eigenvalue weighted by Crippen LogP contribution is 2.02. The summed E-state index contributed by atoms with van der Waals surface area (Å²) in [6.45, 7) is 5.22. The van der Waals surface area contributed by atoms with Gasteiger partial charge >= 0.3 is 0 Å². The molecule has 0 aromatic rings. The molecule has 1 atom stereocenters. The SMILES string of the molecule is C[C@@H]1COCCCN1C. The monoisotopic (exact) mass is 129 g/mol. The van der Waals surface area contributed by atoms with Gasteiger partial charge in [0.2, 0.25) is 0 Å². The molecule has 0 spiro atoms. The zero-order chi connectivity index (χ0) is 6.69. The van der Waals surface area contributed by atoms with Gasteiger partial charge in [-0.1, -0.05) is 0 Å². The lowest BCUT2D eigenvalue weighted by atomic mass is 10.3. The first kappa shape index (κ1) is 7.03.